The largest absolute Gasteiger partial charge is 0.480 e. The van der Waals surface area contributed by atoms with Crippen molar-refractivity contribution >= 4 is 11.9 Å². The van der Waals surface area contributed by atoms with E-state index >= 15 is 0 Å². The smallest absolute Gasteiger partial charge is 0.322 e. The standard InChI is InChI=1S/C17H30N2O13/c1-5(22)19-9-14(32-17-13(26)12(25)10(23)7(2-20)31-17)11(24)8(3-21)30-16(9)29-4-6(18)15(27)28/h6-14,16-17,20-21,23-26H,2-4,18H2,1H3,(H,19,22)(H,27,28)/t6?,7-,8-,9?,10+,11+,12+,13-,14-,16+,17+/m1/s1. The van der Waals surface area contributed by atoms with E-state index in [4.69, 9.17) is 29.8 Å². The summed E-state index contributed by atoms with van der Waals surface area (Å²) in [6.07, 6.45) is -14.1. The van der Waals surface area contributed by atoms with Gasteiger partial charge in [0.1, 0.15) is 54.8 Å². The summed E-state index contributed by atoms with van der Waals surface area (Å²) in [7, 11) is 0. The molecule has 186 valence electrons. The van der Waals surface area contributed by atoms with E-state index < -0.39 is 99.1 Å². The highest BCUT2D eigenvalue weighted by atomic mass is 16.7. The summed E-state index contributed by atoms with van der Waals surface area (Å²) in [6.45, 7) is -0.881. The number of nitrogens with two attached hydrogens (primary N) is 1. The minimum atomic E-state index is -1.81. The zero-order valence-electron chi connectivity index (χ0n) is 17.1. The van der Waals surface area contributed by atoms with Gasteiger partial charge in [-0.15, -0.1) is 0 Å². The normalized spacial score (nSPS) is 41.1. The zero-order valence-corrected chi connectivity index (χ0v) is 17.1. The van der Waals surface area contributed by atoms with Gasteiger partial charge in [0.25, 0.3) is 0 Å². The van der Waals surface area contributed by atoms with E-state index in [9.17, 15) is 40.2 Å². The molecular weight excluding hydrogens is 440 g/mol. The maximum Gasteiger partial charge on any atom is 0.322 e. The lowest BCUT2D eigenvalue weighted by Crippen LogP contribution is -2.68. The number of carbonyl (C=O) groups excluding carboxylic acids is 1. The van der Waals surface area contributed by atoms with Gasteiger partial charge in [0, 0.05) is 6.92 Å². The number of hydrogen-bond donors (Lipinski definition) is 9. The van der Waals surface area contributed by atoms with Crippen molar-refractivity contribution in [1.29, 1.82) is 0 Å². The molecule has 0 radical (unpaired) electrons. The van der Waals surface area contributed by atoms with E-state index in [0.29, 0.717) is 0 Å². The van der Waals surface area contributed by atoms with Gasteiger partial charge in [-0.05, 0) is 0 Å². The van der Waals surface area contributed by atoms with Crippen LogP contribution < -0.4 is 11.1 Å². The number of amides is 1. The monoisotopic (exact) mass is 470 g/mol. The first-order valence-corrected chi connectivity index (χ1v) is 9.79. The van der Waals surface area contributed by atoms with Crippen LogP contribution in [0.25, 0.3) is 0 Å². The summed E-state index contributed by atoms with van der Waals surface area (Å²) in [6, 6.07) is -2.75. The van der Waals surface area contributed by atoms with Crippen LogP contribution in [-0.4, -0.2) is 135 Å². The molecule has 2 aliphatic heterocycles. The van der Waals surface area contributed by atoms with Crippen molar-refractivity contribution in [2.75, 3.05) is 19.8 Å². The topological polar surface area (TPSA) is 251 Å². The molecule has 1 amide bonds. The summed E-state index contributed by atoms with van der Waals surface area (Å²) >= 11 is 0. The van der Waals surface area contributed by atoms with Crippen LogP contribution in [0.3, 0.4) is 0 Å². The van der Waals surface area contributed by atoms with E-state index in [2.05, 4.69) is 5.32 Å². The fraction of sp³-hybridized carbons (Fsp3) is 0.882. The Balaban J connectivity index is 2.28. The number of carbonyl (C=O) groups is 2. The van der Waals surface area contributed by atoms with Gasteiger partial charge in [-0.3, -0.25) is 9.59 Å². The minimum absolute atomic E-state index is 0.558. The van der Waals surface area contributed by atoms with Gasteiger partial charge < -0.3 is 65.7 Å². The number of rotatable bonds is 9. The molecular formula is C17H30N2O13. The van der Waals surface area contributed by atoms with Gasteiger partial charge in [0.15, 0.2) is 12.6 Å². The van der Waals surface area contributed by atoms with E-state index in [1.165, 1.54) is 0 Å². The number of ether oxygens (including phenoxy) is 4. The predicted molar refractivity (Wildman–Crippen MR) is 99.6 cm³/mol. The van der Waals surface area contributed by atoms with Crippen molar-refractivity contribution in [2.24, 2.45) is 5.73 Å². The SMILES string of the molecule is CC(=O)NC1[C@@H](OCC(N)C(=O)O)O[C@H](CO)[C@H](O)[C@@H]1O[C@@H]1O[C@H](CO)[C@H](O)[C@H](O)[C@H]1O. The Labute approximate surface area is 182 Å². The summed E-state index contributed by atoms with van der Waals surface area (Å²) in [5.41, 5.74) is 5.41. The molecule has 2 saturated heterocycles. The Kier molecular flexibility index (Phi) is 9.68. The highest BCUT2D eigenvalue weighted by Crippen LogP contribution is 2.29. The van der Waals surface area contributed by atoms with Crippen molar-refractivity contribution in [3.8, 4) is 0 Å². The molecule has 2 unspecified atom stereocenters. The van der Waals surface area contributed by atoms with Crippen molar-refractivity contribution in [1.82, 2.24) is 5.32 Å². The molecule has 32 heavy (non-hydrogen) atoms. The molecule has 11 atom stereocenters. The fourth-order valence-electron chi connectivity index (χ4n) is 3.36. The third kappa shape index (κ3) is 6.09. The van der Waals surface area contributed by atoms with Crippen molar-refractivity contribution in [3.63, 3.8) is 0 Å². The highest BCUT2D eigenvalue weighted by Gasteiger charge is 2.51. The van der Waals surface area contributed by atoms with Crippen LogP contribution in [0.5, 0.6) is 0 Å². The first kappa shape index (κ1) is 26.7. The second-order valence-corrected chi connectivity index (χ2v) is 7.52. The van der Waals surface area contributed by atoms with Crippen molar-refractivity contribution in [3.05, 3.63) is 0 Å². The summed E-state index contributed by atoms with van der Waals surface area (Å²) in [5.74, 6) is -1.99. The maximum atomic E-state index is 11.7. The van der Waals surface area contributed by atoms with Gasteiger partial charge >= 0.3 is 5.97 Å². The molecule has 2 rings (SSSR count). The third-order valence-electron chi connectivity index (χ3n) is 5.12. The van der Waals surface area contributed by atoms with Crippen LogP contribution in [0.1, 0.15) is 6.92 Å². The molecule has 2 heterocycles. The molecule has 0 saturated carbocycles. The molecule has 2 fully saturated rings. The average molecular weight is 470 g/mol. The van der Waals surface area contributed by atoms with Crippen LogP contribution in [0.15, 0.2) is 0 Å². The van der Waals surface area contributed by atoms with Gasteiger partial charge in [-0.1, -0.05) is 0 Å². The number of aliphatic carboxylic acids is 1. The maximum absolute atomic E-state index is 11.7. The molecule has 0 bridgehead atoms. The molecule has 0 aromatic heterocycles. The summed E-state index contributed by atoms with van der Waals surface area (Å²) in [5, 5.41) is 70.9. The molecule has 0 aromatic carbocycles. The Bertz CT molecular complexity index is 638. The zero-order chi connectivity index (χ0) is 24.2. The van der Waals surface area contributed by atoms with Crippen LogP contribution in [0, 0.1) is 0 Å². The van der Waals surface area contributed by atoms with Crippen LogP contribution in [0.2, 0.25) is 0 Å². The quantitative estimate of drug-likeness (QED) is 0.152. The van der Waals surface area contributed by atoms with Gasteiger partial charge in [0.05, 0.1) is 19.8 Å². The predicted octanol–water partition coefficient (Wildman–Crippen LogP) is -5.82. The molecule has 15 heteroatoms. The Morgan fingerprint density at radius 1 is 0.969 bits per heavy atom. The van der Waals surface area contributed by atoms with E-state index in [-0.39, 0.29) is 0 Å². The van der Waals surface area contributed by atoms with Crippen LogP contribution >= 0.6 is 0 Å². The van der Waals surface area contributed by atoms with Crippen LogP contribution in [0.4, 0.5) is 0 Å². The van der Waals surface area contributed by atoms with Crippen molar-refractivity contribution < 1.29 is 64.3 Å². The third-order valence-corrected chi connectivity index (χ3v) is 5.12. The summed E-state index contributed by atoms with van der Waals surface area (Å²) < 4.78 is 21.6. The number of aliphatic hydroxyl groups excluding tert-OH is 6. The van der Waals surface area contributed by atoms with Crippen LogP contribution in [-0.2, 0) is 28.5 Å². The lowest BCUT2D eigenvalue weighted by molar-refractivity contribution is -0.344. The molecule has 0 aromatic rings. The number of carboxylic acids is 1. The van der Waals surface area contributed by atoms with E-state index in [1.54, 1.807) is 0 Å². The lowest BCUT2D eigenvalue weighted by atomic mass is 9.95. The second kappa shape index (κ2) is 11.6. The number of carboxylic acid groups (broad SMARTS) is 1. The number of aliphatic hydroxyl groups is 6. The fourth-order valence-corrected chi connectivity index (χ4v) is 3.36. The van der Waals surface area contributed by atoms with E-state index in [0.717, 1.165) is 6.92 Å². The lowest BCUT2D eigenvalue weighted by Gasteiger charge is -2.47. The van der Waals surface area contributed by atoms with Gasteiger partial charge in [0.2, 0.25) is 5.91 Å². The Morgan fingerprint density at radius 2 is 1.53 bits per heavy atom. The molecule has 2 aliphatic rings. The first-order valence-electron chi connectivity index (χ1n) is 9.79. The first-order chi connectivity index (χ1) is 15.0. The highest BCUT2D eigenvalue weighted by molar-refractivity contribution is 5.73. The molecule has 15 nitrogen and oxygen atoms in total. The Hall–Kier alpha value is -1.50. The van der Waals surface area contributed by atoms with Gasteiger partial charge in [-0.25, -0.2) is 0 Å². The van der Waals surface area contributed by atoms with E-state index in [1.807, 2.05) is 0 Å². The number of hydrogen-bond acceptors (Lipinski definition) is 13. The molecule has 0 spiro atoms. The summed E-state index contributed by atoms with van der Waals surface area (Å²) in [4.78, 5) is 22.7. The molecule has 10 N–H and O–H groups in total. The Morgan fingerprint density at radius 3 is 2.06 bits per heavy atom. The molecule has 0 aliphatic carbocycles. The van der Waals surface area contributed by atoms with Crippen molar-refractivity contribution in [2.45, 2.75) is 74.3 Å². The van der Waals surface area contributed by atoms with Gasteiger partial charge in [-0.2, -0.15) is 0 Å². The number of nitrogens with one attached hydrogen (secondary N) is 1. The average Bonchev–Trinajstić information content (AvgIpc) is 2.74. The second-order valence-electron chi connectivity index (χ2n) is 7.52. The minimum Gasteiger partial charge on any atom is -0.480 e.